The first-order valence-corrected chi connectivity index (χ1v) is 32.9. The van der Waals surface area contributed by atoms with Gasteiger partial charge in [-0.3, -0.25) is 28.8 Å². The van der Waals surface area contributed by atoms with E-state index in [1.54, 1.807) is 19.2 Å². The minimum absolute atomic E-state index is 0.0693. The number of hydrogen-bond donors (Lipinski definition) is 7. The van der Waals surface area contributed by atoms with Crippen molar-refractivity contribution < 1.29 is 50.5 Å². The van der Waals surface area contributed by atoms with Gasteiger partial charge in [0.05, 0.1) is 19.3 Å². The van der Waals surface area contributed by atoms with Crippen molar-refractivity contribution in [2.45, 2.75) is 171 Å². The topological polar surface area (TPSA) is 344 Å². The molecule has 2 bridgehead atoms. The standard InChI is InChI=1S/C66H91FN12O7.O3S/c1-78(65(85)58-44-51(76-77-71)45-79(58)63(84)31-22-46-20-23-47(67)24-21-46)38-40-86-39-37-72-59(80)32-33-66-55-41-48(73-60(81)17-11-5-2-8-14-34-68)25-28-52(55)64(53-29-26-49(42-56(53)66)74-61(82)18-12-6-3-9-15-35-69)54-30-27-50(43-57(54)66)75-62(83)19-13-7-4-10-16-36-70;1-4(2)3/h20-21,23-30,41-43,51,58,64H,2-19,22,31-40,44-45,68-70H2,1H3,(H,72,80)(H,73,81)(H,74,82)(H,75,83);/t51-,58-,64?,66?;/m0./s1. The molecule has 1 saturated heterocycles. The summed E-state index contributed by atoms with van der Waals surface area (Å²) in [6.45, 7) is 2.74. The van der Waals surface area contributed by atoms with Crippen molar-refractivity contribution in [3.8, 4) is 0 Å². The van der Waals surface area contributed by atoms with Crippen LogP contribution in [-0.2, 0) is 55.9 Å². The molecule has 0 unspecified atom stereocenters. The van der Waals surface area contributed by atoms with Gasteiger partial charge in [-0.15, -0.1) is 12.6 Å². The van der Waals surface area contributed by atoms with Crippen molar-refractivity contribution in [2.24, 2.45) is 22.3 Å². The molecule has 0 aromatic heterocycles. The zero-order valence-corrected chi connectivity index (χ0v) is 52.8. The Balaban J connectivity index is 0.00000313. The highest BCUT2D eigenvalue weighted by Gasteiger charge is 2.52. The van der Waals surface area contributed by atoms with Gasteiger partial charge in [-0.2, -0.15) is 0 Å². The first kappa shape index (κ1) is 71.5. The molecule has 2 atom stereocenters. The van der Waals surface area contributed by atoms with Crippen molar-refractivity contribution in [1.82, 2.24) is 15.1 Å². The molecule has 0 radical (unpaired) electrons. The number of rotatable bonds is 38. The number of ether oxygens (including phenoxy) is 1. The Morgan fingerprint density at radius 2 is 1.08 bits per heavy atom. The van der Waals surface area contributed by atoms with Gasteiger partial charge in [0.2, 0.25) is 35.4 Å². The van der Waals surface area contributed by atoms with Crippen LogP contribution in [0.1, 0.15) is 186 Å². The molecule has 24 heteroatoms. The van der Waals surface area contributed by atoms with Gasteiger partial charge < -0.3 is 53.0 Å². The number of likely N-dealkylation sites (N-methyl/N-ethyl adjacent to an activating group) is 1. The molecule has 4 aromatic rings. The first-order valence-electron chi connectivity index (χ1n) is 31.9. The summed E-state index contributed by atoms with van der Waals surface area (Å²) < 4.78 is 44.8. The van der Waals surface area contributed by atoms with Gasteiger partial charge in [-0.05, 0) is 170 Å². The number of benzene rings is 4. The third-order valence-corrected chi connectivity index (χ3v) is 17.0. The van der Waals surface area contributed by atoms with E-state index in [2.05, 4.69) is 49.5 Å². The molecular formula is C66H91FN12O10S. The molecular weight excluding hydrogens is 1170 g/mol. The number of carbonyl (C=O) groups is 6. The number of aryl methyl sites for hydroxylation is 1. The smallest absolute Gasteiger partial charge is 0.378 e. The lowest BCUT2D eigenvalue weighted by molar-refractivity contribution is -0.143. The quantitative estimate of drug-likeness (QED) is 0.00954. The summed E-state index contributed by atoms with van der Waals surface area (Å²) in [4.78, 5) is 88.2. The Bertz CT molecular complexity index is 3020. The Kier molecular flexibility index (Phi) is 29.8. The fraction of sp³-hybridized carbons (Fsp3) is 0.545. The molecule has 8 rings (SSSR count). The van der Waals surface area contributed by atoms with Crippen LogP contribution in [0.5, 0.6) is 0 Å². The summed E-state index contributed by atoms with van der Waals surface area (Å²) in [7, 11) is -1.49. The number of amides is 6. The number of nitrogens with two attached hydrogens (primary N) is 3. The average Bonchev–Trinajstić information content (AvgIpc) is 0.739. The van der Waals surface area contributed by atoms with Crippen molar-refractivity contribution in [3.05, 3.63) is 134 Å². The van der Waals surface area contributed by atoms with E-state index in [0.717, 1.165) is 135 Å². The number of anilines is 3. The molecule has 1 aliphatic heterocycles. The van der Waals surface area contributed by atoms with E-state index >= 15 is 0 Å². The summed E-state index contributed by atoms with van der Waals surface area (Å²) in [6, 6.07) is 22.8. The molecule has 4 aliphatic rings. The number of carbonyl (C=O) groups excluding carboxylic acids is 6. The Labute approximate surface area is 529 Å². The fourth-order valence-electron chi connectivity index (χ4n) is 12.5. The largest absolute Gasteiger partial charge is 0.425 e. The molecule has 10 N–H and O–H groups in total. The lowest BCUT2D eigenvalue weighted by atomic mass is 9.51. The molecule has 0 saturated carbocycles. The van der Waals surface area contributed by atoms with Crippen LogP contribution in [0.15, 0.2) is 84.0 Å². The summed E-state index contributed by atoms with van der Waals surface area (Å²) in [6.07, 6.45) is 16.2. The van der Waals surface area contributed by atoms with E-state index in [9.17, 15) is 33.2 Å². The van der Waals surface area contributed by atoms with Crippen LogP contribution in [0.3, 0.4) is 0 Å². The van der Waals surface area contributed by atoms with Crippen molar-refractivity contribution in [2.75, 3.05) is 75.5 Å². The van der Waals surface area contributed by atoms with E-state index in [-0.39, 0.29) is 99.3 Å². The highest BCUT2D eigenvalue weighted by Crippen LogP contribution is 2.62. The maximum Gasteiger partial charge on any atom is 0.425 e. The van der Waals surface area contributed by atoms with E-state index < -0.39 is 28.1 Å². The van der Waals surface area contributed by atoms with Crippen molar-refractivity contribution in [3.63, 3.8) is 0 Å². The maximum absolute atomic E-state index is 14.3. The number of nitrogens with zero attached hydrogens (tertiary/aromatic N) is 5. The minimum atomic E-state index is -3.11. The van der Waals surface area contributed by atoms with Crippen molar-refractivity contribution >= 4 is 63.1 Å². The second kappa shape index (κ2) is 37.5. The molecule has 0 spiro atoms. The van der Waals surface area contributed by atoms with Gasteiger partial charge >= 0.3 is 10.6 Å². The maximum atomic E-state index is 14.3. The van der Waals surface area contributed by atoms with E-state index in [1.807, 2.05) is 36.4 Å². The predicted molar refractivity (Wildman–Crippen MR) is 344 cm³/mol. The zero-order valence-electron chi connectivity index (χ0n) is 52.0. The number of unbranched alkanes of at least 4 members (excludes halogenated alkanes) is 12. The third kappa shape index (κ3) is 21.3. The van der Waals surface area contributed by atoms with Crippen LogP contribution in [0.4, 0.5) is 21.5 Å². The molecule has 6 amide bonds. The minimum Gasteiger partial charge on any atom is -0.378 e. The SMILES string of the molecule is CN(CCOCCNC(=O)CCC12c3cc(NC(=O)CCCCCCCN)ccc3C(c3ccc(NC(=O)CCCCCCCN)cc31)c1ccc(NC(=O)CCCCCCCN)cc12)C(=O)[C@@H]1C[C@H](N=[N+]=[N-])CN1C(=O)CCc1ccc(F)cc1.O=S(=O)=O. The van der Waals surface area contributed by atoms with E-state index in [1.165, 1.54) is 21.9 Å². The number of nitrogens with one attached hydrogen (secondary N) is 4. The van der Waals surface area contributed by atoms with Crippen LogP contribution in [-0.4, -0.2) is 129 Å². The van der Waals surface area contributed by atoms with Crippen LogP contribution in [0, 0.1) is 5.82 Å². The number of halogens is 1. The molecule has 22 nitrogen and oxygen atoms in total. The van der Waals surface area contributed by atoms with Gasteiger partial charge in [0.15, 0.2) is 0 Å². The third-order valence-electron chi connectivity index (χ3n) is 17.0. The van der Waals surface area contributed by atoms with Crippen LogP contribution in [0.25, 0.3) is 10.4 Å². The number of azide groups is 1. The molecule has 488 valence electrons. The van der Waals surface area contributed by atoms with Gasteiger partial charge in [-0.1, -0.05) is 93.2 Å². The second-order valence-corrected chi connectivity index (χ2v) is 23.9. The fourth-order valence-corrected chi connectivity index (χ4v) is 12.5. The first-order chi connectivity index (χ1) is 43.5. The van der Waals surface area contributed by atoms with Gasteiger partial charge in [0.25, 0.3) is 0 Å². The Morgan fingerprint density at radius 1 is 0.633 bits per heavy atom. The van der Waals surface area contributed by atoms with E-state index in [4.69, 9.17) is 40.1 Å². The summed E-state index contributed by atoms with van der Waals surface area (Å²) >= 11 is 0. The Hall–Kier alpha value is -7.60. The normalized spacial score (nSPS) is 16.5. The number of likely N-dealkylation sites (tertiary alicyclic amines) is 1. The molecule has 90 heavy (non-hydrogen) atoms. The van der Waals surface area contributed by atoms with Crippen LogP contribution >= 0.6 is 0 Å². The van der Waals surface area contributed by atoms with Crippen LogP contribution < -0.4 is 38.5 Å². The van der Waals surface area contributed by atoms with Gasteiger partial charge in [0, 0.05) is 92.1 Å². The highest BCUT2D eigenvalue weighted by molar-refractivity contribution is 7.59. The molecule has 4 aromatic carbocycles. The summed E-state index contributed by atoms with van der Waals surface area (Å²) in [5.74, 6) is -1.66. The van der Waals surface area contributed by atoms with E-state index in [0.29, 0.717) is 68.8 Å². The van der Waals surface area contributed by atoms with Crippen molar-refractivity contribution in [1.29, 1.82) is 0 Å². The number of hydrogen-bond acceptors (Lipinski definition) is 14. The lowest BCUT2D eigenvalue weighted by Crippen LogP contribution is -2.47. The predicted octanol–water partition coefficient (Wildman–Crippen LogP) is 8.96. The lowest BCUT2D eigenvalue weighted by Gasteiger charge is -2.51. The zero-order chi connectivity index (χ0) is 64.8. The molecule has 3 aliphatic carbocycles. The Morgan fingerprint density at radius 3 is 1.52 bits per heavy atom. The van der Waals surface area contributed by atoms with Gasteiger partial charge in [0.1, 0.15) is 11.9 Å². The molecule has 1 heterocycles. The highest BCUT2D eigenvalue weighted by atomic mass is 32.2. The molecule has 1 fully saturated rings. The van der Waals surface area contributed by atoms with Crippen LogP contribution in [0.2, 0.25) is 0 Å². The average molecular weight is 1260 g/mol. The monoisotopic (exact) mass is 1260 g/mol. The summed E-state index contributed by atoms with van der Waals surface area (Å²) in [5, 5.41) is 16.4. The van der Waals surface area contributed by atoms with Gasteiger partial charge in [-0.25, -0.2) is 4.39 Å². The summed E-state index contributed by atoms with van der Waals surface area (Å²) in [5.41, 5.74) is 33.9. The second-order valence-electron chi connectivity index (χ2n) is 23.5.